The minimum absolute atomic E-state index is 0.0483. The number of rotatable bonds is 12. The molecule has 0 bridgehead atoms. The average molecular weight is 670 g/mol. The summed E-state index contributed by atoms with van der Waals surface area (Å²) in [5, 5.41) is 5.66. The summed E-state index contributed by atoms with van der Waals surface area (Å²) in [5.41, 5.74) is 1.26. The van der Waals surface area contributed by atoms with Crippen molar-refractivity contribution in [3.8, 4) is 0 Å². The number of fused-ring (bicyclic) bond motifs is 2. The van der Waals surface area contributed by atoms with Crippen molar-refractivity contribution < 1.29 is 50.7 Å². The Morgan fingerprint density at radius 3 is 2.43 bits per heavy atom. The minimum Gasteiger partial charge on any atom is -0.464 e. The van der Waals surface area contributed by atoms with Crippen molar-refractivity contribution in [1.82, 2.24) is 10.0 Å². The molecule has 2 saturated heterocycles. The molecule has 1 aromatic carbocycles. The lowest BCUT2D eigenvalue weighted by atomic mass is 9.98. The van der Waals surface area contributed by atoms with Crippen LogP contribution >= 0.6 is 0 Å². The van der Waals surface area contributed by atoms with Crippen molar-refractivity contribution in [3.05, 3.63) is 29.8 Å². The van der Waals surface area contributed by atoms with Crippen LogP contribution in [-0.4, -0.2) is 87.5 Å². The number of hydrogen-bond donors (Lipinski definition) is 3. The maximum Gasteiger partial charge on any atom is 0.408 e. The van der Waals surface area contributed by atoms with Crippen LogP contribution in [-0.2, 0) is 54.2 Å². The molecule has 0 saturated carbocycles. The Balaban J connectivity index is 1.30. The van der Waals surface area contributed by atoms with Gasteiger partial charge in [-0.2, -0.15) is 8.42 Å². The molecule has 0 spiro atoms. The summed E-state index contributed by atoms with van der Waals surface area (Å²) in [7, 11) is -4.60. The van der Waals surface area contributed by atoms with E-state index in [1.807, 2.05) is 42.8 Å². The van der Waals surface area contributed by atoms with Crippen LogP contribution in [0.3, 0.4) is 0 Å². The molecule has 15 heteroatoms. The van der Waals surface area contributed by atoms with Crippen LogP contribution in [0.2, 0.25) is 0 Å². The number of alkyl carbamates (subject to hydrolysis) is 1. The number of esters is 1. The number of hydrogen-bond acceptors (Lipinski definition) is 12. The van der Waals surface area contributed by atoms with Crippen LogP contribution in [0, 0.1) is 5.92 Å². The van der Waals surface area contributed by atoms with Gasteiger partial charge in [0.25, 0.3) is 5.91 Å². The van der Waals surface area contributed by atoms with E-state index in [2.05, 4.69) is 10.6 Å². The third-order valence-corrected chi connectivity index (χ3v) is 8.45. The van der Waals surface area contributed by atoms with E-state index >= 15 is 0 Å². The van der Waals surface area contributed by atoms with Crippen molar-refractivity contribution >= 4 is 34.0 Å². The Morgan fingerprint density at radius 2 is 1.76 bits per heavy atom. The van der Waals surface area contributed by atoms with Crippen LogP contribution in [0.1, 0.15) is 73.3 Å². The SMILES string of the molecule is CC(C)CC(NC(=O)OC(C)(C)C)C(=O)NS(=O)(=O)OCC1OC(CCOC(=O)C2CCc3ccccc3N2)C2OC(C)(C)OC12. The molecule has 4 rings (SSSR count). The van der Waals surface area contributed by atoms with Crippen LogP contribution in [0.4, 0.5) is 10.5 Å². The van der Waals surface area contributed by atoms with Gasteiger partial charge in [-0.25, -0.2) is 14.3 Å². The fraction of sp³-hybridized carbons (Fsp3) is 0.710. The molecule has 1 aromatic rings. The maximum absolute atomic E-state index is 12.9. The Hall–Kier alpha value is -2.98. The minimum atomic E-state index is -4.60. The highest BCUT2D eigenvalue weighted by atomic mass is 32.2. The number of anilines is 1. The van der Waals surface area contributed by atoms with E-state index in [4.69, 9.17) is 27.9 Å². The molecule has 0 aromatic heterocycles. The summed E-state index contributed by atoms with van der Waals surface area (Å²) in [6, 6.07) is 6.18. The topological polar surface area (TPSA) is 177 Å². The first-order valence-corrected chi connectivity index (χ1v) is 17.0. The molecule has 6 unspecified atom stereocenters. The Morgan fingerprint density at radius 1 is 1.09 bits per heavy atom. The number of carbonyl (C=O) groups excluding carboxylic acids is 3. The molecular formula is C31H47N3O11S. The molecule has 258 valence electrons. The van der Waals surface area contributed by atoms with E-state index in [1.54, 1.807) is 34.6 Å². The van der Waals surface area contributed by atoms with E-state index in [0.717, 1.165) is 17.7 Å². The third-order valence-electron chi connectivity index (χ3n) is 7.55. The van der Waals surface area contributed by atoms with Crippen LogP contribution in [0.15, 0.2) is 24.3 Å². The number of ether oxygens (including phenoxy) is 5. The van der Waals surface area contributed by atoms with Crippen molar-refractivity contribution in [2.75, 3.05) is 18.5 Å². The fourth-order valence-corrected chi connectivity index (χ4v) is 6.42. The standard InChI is InChI=1S/C31H47N3O11S/c1-18(2)16-22(33-29(37)45-30(3,4)5)27(35)34-46(38,39)41-17-24-26-25(43-31(6,7)44-26)23(42-24)14-15-40-28(36)21-13-12-19-10-8-9-11-20(19)32-21/h8-11,18,21-26,32H,12-17H2,1-7H3,(H,33,37)(H,34,35). The zero-order valence-corrected chi connectivity index (χ0v) is 28.3. The molecule has 14 nitrogen and oxygen atoms in total. The van der Waals surface area contributed by atoms with Crippen molar-refractivity contribution in [3.63, 3.8) is 0 Å². The number of amides is 2. The van der Waals surface area contributed by atoms with Crippen molar-refractivity contribution in [1.29, 1.82) is 0 Å². The molecule has 3 aliphatic heterocycles. The molecule has 46 heavy (non-hydrogen) atoms. The highest BCUT2D eigenvalue weighted by molar-refractivity contribution is 7.85. The van der Waals surface area contributed by atoms with Crippen molar-refractivity contribution in [2.45, 2.75) is 122 Å². The van der Waals surface area contributed by atoms with E-state index in [-0.39, 0.29) is 31.3 Å². The number of nitrogens with one attached hydrogen (secondary N) is 3. The van der Waals surface area contributed by atoms with Gasteiger partial charge in [0.15, 0.2) is 5.79 Å². The number of aryl methyl sites for hydroxylation is 1. The monoisotopic (exact) mass is 669 g/mol. The van der Waals surface area contributed by atoms with E-state index in [1.165, 1.54) is 0 Å². The summed E-state index contributed by atoms with van der Waals surface area (Å²) in [6.45, 7) is 11.7. The molecule has 3 N–H and O–H groups in total. The molecule has 2 amide bonds. The van der Waals surface area contributed by atoms with Gasteiger partial charge in [-0.3, -0.25) is 8.98 Å². The lowest BCUT2D eigenvalue weighted by Crippen LogP contribution is -2.50. The Labute approximate surface area is 270 Å². The van der Waals surface area contributed by atoms with Gasteiger partial charge in [-0.15, -0.1) is 0 Å². The van der Waals surface area contributed by atoms with E-state index < -0.39 is 76.8 Å². The normalized spacial score (nSPS) is 26.0. The van der Waals surface area contributed by atoms with Crippen molar-refractivity contribution in [2.24, 2.45) is 5.92 Å². The molecule has 0 aliphatic carbocycles. The fourth-order valence-electron chi connectivity index (χ4n) is 5.66. The summed E-state index contributed by atoms with van der Waals surface area (Å²) in [5.74, 6) is -2.35. The van der Waals surface area contributed by atoms with Crippen LogP contribution in [0.5, 0.6) is 0 Å². The Kier molecular flexibility index (Phi) is 11.2. The predicted octanol–water partition coefficient (Wildman–Crippen LogP) is 2.95. The molecule has 3 heterocycles. The number of carbonyl (C=O) groups is 3. The first kappa shape index (κ1) is 35.9. The zero-order chi connectivity index (χ0) is 33.9. The predicted molar refractivity (Wildman–Crippen MR) is 166 cm³/mol. The van der Waals surface area contributed by atoms with Gasteiger partial charge in [0, 0.05) is 12.1 Å². The Bertz CT molecular complexity index is 1360. The second-order valence-corrected chi connectivity index (χ2v) is 15.0. The number of para-hydroxylation sites is 1. The summed E-state index contributed by atoms with van der Waals surface area (Å²) < 4.78 is 61.5. The first-order valence-electron chi connectivity index (χ1n) is 15.6. The summed E-state index contributed by atoms with van der Waals surface area (Å²) >= 11 is 0. The average Bonchev–Trinajstić information content (AvgIpc) is 3.42. The lowest BCUT2D eigenvalue weighted by Gasteiger charge is -2.26. The second-order valence-electron chi connectivity index (χ2n) is 13.7. The summed E-state index contributed by atoms with van der Waals surface area (Å²) in [4.78, 5) is 37.9. The van der Waals surface area contributed by atoms with Gasteiger partial charge in [0.2, 0.25) is 0 Å². The first-order chi connectivity index (χ1) is 21.4. The van der Waals surface area contributed by atoms with E-state index in [0.29, 0.717) is 6.42 Å². The molecule has 6 atom stereocenters. The highest BCUT2D eigenvalue weighted by Crippen LogP contribution is 2.40. The lowest BCUT2D eigenvalue weighted by molar-refractivity contribution is -0.191. The maximum atomic E-state index is 12.9. The largest absolute Gasteiger partial charge is 0.464 e. The van der Waals surface area contributed by atoms with Gasteiger partial charge >= 0.3 is 22.4 Å². The zero-order valence-electron chi connectivity index (χ0n) is 27.5. The van der Waals surface area contributed by atoms with Crippen LogP contribution < -0.4 is 15.4 Å². The summed E-state index contributed by atoms with van der Waals surface area (Å²) in [6.07, 6.45) is -1.69. The molecule has 3 aliphatic rings. The smallest absolute Gasteiger partial charge is 0.408 e. The highest BCUT2D eigenvalue weighted by Gasteiger charge is 2.55. The quantitative estimate of drug-likeness (QED) is 0.278. The van der Waals surface area contributed by atoms with Gasteiger partial charge in [-0.05, 0) is 71.4 Å². The van der Waals surface area contributed by atoms with Gasteiger partial charge < -0.3 is 34.3 Å². The van der Waals surface area contributed by atoms with Crippen LogP contribution in [0.25, 0.3) is 0 Å². The molecular weight excluding hydrogens is 622 g/mol. The van der Waals surface area contributed by atoms with E-state index in [9.17, 15) is 22.8 Å². The van der Waals surface area contributed by atoms with Gasteiger partial charge in [-0.1, -0.05) is 32.0 Å². The molecule has 0 radical (unpaired) electrons. The third kappa shape index (κ3) is 10.0. The number of benzene rings is 1. The molecule has 2 fully saturated rings. The van der Waals surface area contributed by atoms with Gasteiger partial charge in [0.1, 0.15) is 36.0 Å². The van der Waals surface area contributed by atoms with Gasteiger partial charge in [0.05, 0.1) is 19.3 Å². The second kappa shape index (κ2) is 14.4.